The van der Waals surface area contributed by atoms with Gasteiger partial charge in [0.15, 0.2) is 11.2 Å². The number of pyridine rings is 1. The quantitative estimate of drug-likeness (QED) is 0.543. The number of nitrogens with one attached hydrogen (secondary N) is 1. The molecule has 28 heavy (non-hydrogen) atoms. The Kier molecular flexibility index (Phi) is 3.96. The Bertz CT molecular complexity index is 1240. The van der Waals surface area contributed by atoms with Crippen LogP contribution in [0, 0.1) is 12.7 Å². The first-order valence-corrected chi connectivity index (χ1v) is 9.71. The van der Waals surface area contributed by atoms with Crippen molar-refractivity contribution in [3.05, 3.63) is 58.5 Å². The molecule has 0 aliphatic heterocycles. The second-order valence-corrected chi connectivity index (χ2v) is 7.49. The van der Waals surface area contributed by atoms with Gasteiger partial charge in [0.05, 0.1) is 0 Å². The zero-order valence-electron chi connectivity index (χ0n) is 15.7. The van der Waals surface area contributed by atoms with Crippen LogP contribution in [0.15, 0.2) is 41.3 Å². The topological polar surface area (TPSA) is 67.7 Å². The van der Waals surface area contributed by atoms with E-state index in [-0.39, 0.29) is 17.4 Å². The molecule has 0 atom stereocenters. The highest BCUT2D eigenvalue weighted by Gasteiger charge is 2.25. The Morgan fingerprint density at radius 1 is 1.11 bits per heavy atom. The number of H-pyrrole nitrogens is 1. The van der Waals surface area contributed by atoms with Crippen LogP contribution in [0.1, 0.15) is 44.0 Å². The number of nitrogens with zero attached hydrogens (tertiary/aromatic N) is 4. The van der Waals surface area contributed by atoms with Crippen molar-refractivity contribution in [1.29, 1.82) is 0 Å². The molecule has 0 spiro atoms. The number of aryl methyl sites for hydroxylation is 1. The number of aromatic nitrogens is 5. The molecule has 0 radical (unpaired) electrons. The summed E-state index contributed by atoms with van der Waals surface area (Å²) in [5, 5.41) is 3.69. The lowest BCUT2D eigenvalue weighted by Gasteiger charge is -2.24. The molecule has 1 aliphatic rings. The summed E-state index contributed by atoms with van der Waals surface area (Å²) in [6, 6.07) is 8.28. The normalized spacial score (nSPS) is 15.5. The van der Waals surface area contributed by atoms with E-state index in [4.69, 9.17) is 0 Å². The summed E-state index contributed by atoms with van der Waals surface area (Å²) in [4.78, 5) is 22.5. The van der Waals surface area contributed by atoms with E-state index in [1.807, 2.05) is 23.8 Å². The fourth-order valence-electron chi connectivity index (χ4n) is 4.27. The minimum absolute atomic E-state index is 0.0575. The molecule has 3 aromatic heterocycles. The fraction of sp³-hybridized carbons (Fsp3) is 0.333. The molecule has 4 aromatic rings. The fourth-order valence-corrected chi connectivity index (χ4v) is 4.27. The van der Waals surface area contributed by atoms with Crippen molar-refractivity contribution < 1.29 is 8.91 Å². The second-order valence-electron chi connectivity index (χ2n) is 7.49. The number of halogens is 1. The van der Waals surface area contributed by atoms with Crippen LogP contribution in [-0.4, -0.2) is 19.6 Å². The summed E-state index contributed by atoms with van der Waals surface area (Å²) in [5.74, 6) is 0.863. The number of rotatable bonds is 2. The number of hydrogen-bond acceptors (Lipinski definition) is 3. The summed E-state index contributed by atoms with van der Waals surface area (Å²) in [6.07, 6.45) is 7.41. The first-order valence-electron chi connectivity index (χ1n) is 9.71. The van der Waals surface area contributed by atoms with Crippen molar-refractivity contribution in [2.75, 3.05) is 0 Å². The van der Waals surface area contributed by atoms with Crippen LogP contribution in [0.5, 0.6) is 0 Å². The van der Waals surface area contributed by atoms with Gasteiger partial charge in [0.2, 0.25) is 5.82 Å². The SMILES string of the molecule is Cc1nc2nc3ccn(C4CCCCC4)c(=O)c3c(-c3ccc(F)cc3)[n+]2[nH]1. The van der Waals surface area contributed by atoms with Gasteiger partial charge >= 0.3 is 5.78 Å². The van der Waals surface area contributed by atoms with Gasteiger partial charge < -0.3 is 4.57 Å². The van der Waals surface area contributed by atoms with E-state index in [9.17, 15) is 9.18 Å². The molecule has 5 rings (SSSR count). The zero-order valence-corrected chi connectivity index (χ0v) is 15.7. The standard InChI is InChI=1S/C21H20FN5O/c1-13-23-21-24-17-11-12-26(16-5-3-2-4-6-16)20(28)18(17)19(27(21)25-13)14-7-9-15(22)10-8-14/h7-12,16H,2-6H2,1H3/p+1. The first-order chi connectivity index (χ1) is 13.6. The highest BCUT2D eigenvalue weighted by molar-refractivity contribution is 5.90. The number of hydrogen-bond donors (Lipinski definition) is 1. The van der Waals surface area contributed by atoms with Crippen molar-refractivity contribution in [1.82, 2.24) is 19.6 Å². The van der Waals surface area contributed by atoms with Crippen LogP contribution in [0.2, 0.25) is 0 Å². The van der Waals surface area contributed by atoms with Gasteiger partial charge in [-0.1, -0.05) is 29.2 Å². The van der Waals surface area contributed by atoms with Crippen LogP contribution in [0.4, 0.5) is 4.39 Å². The van der Waals surface area contributed by atoms with Gasteiger partial charge in [0.25, 0.3) is 5.56 Å². The third-order valence-electron chi connectivity index (χ3n) is 5.61. The lowest BCUT2D eigenvalue weighted by atomic mass is 9.95. The Hall–Kier alpha value is -3.09. The van der Waals surface area contributed by atoms with Crippen molar-refractivity contribution in [3.63, 3.8) is 0 Å². The van der Waals surface area contributed by atoms with E-state index in [0.29, 0.717) is 28.2 Å². The van der Waals surface area contributed by atoms with E-state index in [1.54, 1.807) is 16.6 Å². The van der Waals surface area contributed by atoms with E-state index in [2.05, 4.69) is 15.1 Å². The molecule has 0 bridgehead atoms. The largest absolute Gasteiger partial charge is 0.458 e. The minimum atomic E-state index is -0.316. The highest BCUT2D eigenvalue weighted by Crippen LogP contribution is 2.28. The van der Waals surface area contributed by atoms with Gasteiger partial charge in [0, 0.05) is 24.7 Å². The Labute approximate surface area is 160 Å². The van der Waals surface area contributed by atoms with Gasteiger partial charge in [-0.15, -0.1) is 4.52 Å². The van der Waals surface area contributed by atoms with Gasteiger partial charge in [0.1, 0.15) is 11.2 Å². The van der Waals surface area contributed by atoms with Gasteiger partial charge in [-0.3, -0.25) is 4.79 Å². The number of benzene rings is 1. The van der Waals surface area contributed by atoms with E-state index >= 15 is 0 Å². The van der Waals surface area contributed by atoms with Gasteiger partial charge in [-0.25, -0.2) is 9.49 Å². The summed E-state index contributed by atoms with van der Waals surface area (Å²) in [6.45, 7) is 1.84. The molecule has 7 heteroatoms. The van der Waals surface area contributed by atoms with E-state index in [0.717, 1.165) is 31.2 Å². The predicted octanol–water partition coefficient (Wildman–Crippen LogP) is 3.48. The monoisotopic (exact) mass is 378 g/mol. The van der Waals surface area contributed by atoms with E-state index in [1.165, 1.54) is 18.6 Å². The van der Waals surface area contributed by atoms with Crippen LogP contribution < -0.4 is 10.1 Å². The van der Waals surface area contributed by atoms with Crippen LogP contribution in [0.3, 0.4) is 0 Å². The lowest BCUT2D eigenvalue weighted by Crippen LogP contribution is -2.33. The Balaban J connectivity index is 1.86. The number of fused-ring (bicyclic) bond motifs is 2. The molecule has 1 N–H and O–H groups in total. The molecule has 1 aromatic carbocycles. The van der Waals surface area contributed by atoms with Crippen LogP contribution in [0.25, 0.3) is 27.9 Å². The number of aromatic amines is 1. The Morgan fingerprint density at radius 3 is 2.61 bits per heavy atom. The molecular weight excluding hydrogens is 357 g/mol. The maximum Gasteiger partial charge on any atom is 0.458 e. The van der Waals surface area contributed by atoms with Crippen molar-refractivity contribution in [2.24, 2.45) is 0 Å². The molecule has 3 heterocycles. The molecule has 0 saturated heterocycles. The lowest BCUT2D eigenvalue weighted by molar-refractivity contribution is -0.567. The molecule has 0 amide bonds. The predicted molar refractivity (Wildman–Crippen MR) is 104 cm³/mol. The molecule has 6 nitrogen and oxygen atoms in total. The van der Waals surface area contributed by atoms with Crippen molar-refractivity contribution in [3.8, 4) is 11.3 Å². The molecular formula is C21H21FN5O+. The third kappa shape index (κ3) is 2.69. The summed E-state index contributed by atoms with van der Waals surface area (Å²) >= 11 is 0. The first kappa shape index (κ1) is 17.0. The van der Waals surface area contributed by atoms with Gasteiger partial charge in [-0.05, 0) is 43.2 Å². The van der Waals surface area contributed by atoms with E-state index < -0.39 is 0 Å². The minimum Gasteiger partial charge on any atom is -0.312 e. The van der Waals surface area contributed by atoms with Gasteiger partial charge in [-0.2, -0.15) is 0 Å². The third-order valence-corrected chi connectivity index (χ3v) is 5.61. The molecule has 0 unspecified atom stereocenters. The summed E-state index contributed by atoms with van der Waals surface area (Å²) in [7, 11) is 0. The molecule has 1 saturated carbocycles. The average molecular weight is 378 g/mol. The zero-order chi connectivity index (χ0) is 19.3. The summed E-state index contributed by atoms with van der Waals surface area (Å²) < 4.78 is 17.1. The Morgan fingerprint density at radius 2 is 1.86 bits per heavy atom. The molecule has 142 valence electrons. The summed E-state index contributed by atoms with van der Waals surface area (Å²) in [5.41, 5.74) is 1.95. The van der Waals surface area contributed by atoms with Crippen LogP contribution >= 0.6 is 0 Å². The second kappa shape index (κ2) is 6.51. The smallest absolute Gasteiger partial charge is 0.312 e. The maximum atomic E-state index is 13.5. The van der Waals surface area contributed by atoms with Crippen molar-refractivity contribution in [2.45, 2.75) is 45.1 Å². The molecule has 1 aliphatic carbocycles. The van der Waals surface area contributed by atoms with Crippen molar-refractivity contribution >= 4 is 16.7 Å². The van der Waals surface area contributed by atoms with Crippen LogP contribution in [-0.2, 0) is 0 Å². The average Bonchev–Trinajstić information content (AvgIpc) is 3.08. The maximum absolute atomic E-state index is 13.5. The highest BCUT2D eigenvalue weighted by atomic mass is 19.1. The molecule has 1 fully saturated rings.